The molecular formula is C13H17NO2. The minimum absolute atomic E-state index is 0.247. The molecule has 0 fully saturated rings. The van der Waals surface area contributed by atoms with Crippen LogP contribution in [-0.2, 0) is 10.3 Å². The molecule has 0 heterocycles. The van der Waals surface area contributed by atoms with Crippen molar-refractivity contribution in [2.75, 3.05) is 0 Å². The van der Waals surface area contributed by atoms with Crippen molar-refractivity contribution in [2.45, 2.75) is 31.7 Å². The van der Waals surface area contributed by atoms with E-state index < -0.39 is 11.5 Å². The Labute approximate surface area is 95.3 Å². The molecule has 1 aliphatic carbocycles. The van der Waals surface area contributed by atoms with Gasteiger partial charge in [0.1, 0.15) is 5.54 Å². The fourth-order valence-corrected chi connectivity index (χ4v) is 2.59. The number of carbonyl (C=O) groups is 1. The number of carboxylic acids is 1. The first kappa shape index (κ1) is 11.1. The Morgan fingerprint density at radius 3 is 2.69 bits per heavy atom. The van der Waals surface area contributed by atoms with Crippen molar-refractivity contribution in [3.8, 4) is 0 Å². The summed E-state index contributed by atoms with van der Waals surface area (Å²) in [6.07, 6.45) is 0.499. The van der Waals surface area contributed by atoms with Crippen molar-refractivity contribution in [3.05, 3.63) is 35.4 Å². The first-order valence-electron chi connectivity index (χ1n) is 5.58. The van der Waals surface area contributed by atoms with Crippen LogP contribution in [0.2, 0.25) is 0 Å². The largest absolute Gasteiger partial charge is 0.480 e. The van der Waals surface area contributed by atoms with Gasteiger partial charge in [-0.05, 0) is 29.4 Å². The highest BCUT2D eigenvalue weighted by Gasteiger charge is 2.47. The van der Waals surface area contributed by atoms with Crippen molar-refractivity contribution in [1.82, 2.24) is 0 Å². The Balaban J connectivity index is 2.55. The van der Waals surface area contributed by atoms with Gasteiger partial charge in [0.05, 0.1) is 0 Å². The van der Waals surface area contributed by atoms with Gasteiger partial charge in [-0.25, -0.2) is 4.79 Å². The van der Waals surface area contributed by atoms with Crippen LogP contribution in [0.4, 0.5) is 0 Å². The Hall–Kier alpha value is -1.35. The molecule has 1 aromatic rings. The van der Waals surface area contributed by atoms with Crippen molar-refractivity contribution in [3.63, 3.8) is 0 Å². The van der Waals surface area contributed by atoms with E-state index in [2.05, 4.69) is 13.8 Å². The van der Waals surface area contributed by atoms with Crippen LogP contribution in [-0.4, -0.2) is 11.1 Å². The molecule has 86 valence electrons. The topological polar surface area (TPSA) is 63.3 Å². The molecular weight excluding hydrogens is 202 g/mol. The number of aliphatic carboxylic acids is 1. The van der Waals surface area contributed by atoms with Crippen molar-refractivity contribution in [2.24, 2.45) is 11.7 Å². The summed E-state index contributed by atoms with van der Waals surface area (Å²) in [5, 5.41) is 9.29. The zero-order valence-electron chi connectivity index (χ0n) is 9.60. The number of hydrogen-bond donors (Lipinski definition) is 2. The summed E-state index contributed by atoms with van der Waals surface area (Å²) < 4.78 is 0. The molecule has 0 saturated carbocycles. The second kappa shape index (κ2) is 3.59. The van der Waals surface area contributed by atoms with Crippen molar-refractivity contribution >= 4 is 5.97 Å². The number of rotatable bonds is 2. The van der Waals surface area contributed by atoms with Crippen molar-refractivity contribution < 1.29 is 9.90 Å². The normalized spacial score (nSPS) is 28.1. The van der Waals surface area contributed by atoms with Crippen LogP contribution < -0.4 is 5.73 Å². The monoisotopic (exact) mass is 219 g/mol. The van der Waals surface area contributed by atoms with Gasteiger partial charge >= 0.3 is 5.97 Å². The Morgan fingerprint density at radius 2 is 2.12 bits per heavy atom. The average Bonchev–Trinajstić information content (AvgIpc) is 2.55. The number of carboxylic acid groups (broad SMARTS) is 1. The van der Waals surface area contributed by atoms with E-state index in [1.165, 1.54) is 0 Å². The summed E-state index contributed by atoms with van der Waals surface area (Å²) in [6, 6.07) is 7.64. The summed E-state index contributed by atoms with van der Waals surface area (Å²) in [6.45, 7) is 4.21. The first-order valence-corrected chi connectivity index (χ1v) is 5.58. The predicted molar refractivity (Wildman–Crippen MR) is 62.1 cm³/mol. The zero-order chi connectivity index (χ0) is 11.9. The van der Waals surface area contributed by atoms with Crippen LogP contribution in [0, 0.1) is 5.92 Å². The molecule has 3 nitrogen and oxygen atoms in total. The smallest absolute Gasteiger partial charge is 0.328 e. The van der Waals surface area contributed by atoms with Crippen LogP contribution in [0.5, 0.6) is 0 Å². The molecule has 0 unspecified atom stereocenters. The van der Waals surface area contributed by atoms with Gasteiger partial charge in [-0.2, -0.15) is 0 Å². The summed E-state index contributed by atoms with van der Waals surface area (Å²) in [4.78, 5) is 11.3. The van der Waals surface area contributed by atoms with Crippen LogP contribution >= 0.6 is 0 Å². The molecule has 16 heavy (non-hydrogen) atoms. The Bertz CT molecular complexity index is 428. The van der Waals surface area contributed by atoms with Gasteiger partial charge in [0.25, 0.3) is 0 Å². The highest BCUT2D eigenvalue weighted by atomic mass is 16.4. The Kier molecular flexibility index (Phi) is 2.50. The maximum Gasteiger partial charge on any atom is 0.328 e. The van der Waals surface area contributed by atoms with Crippen LogP contribution in [0.15, 0.2) is 24.3 Å². The molecule has 0 bridgehead atoms. The fraction of sp³-hybridized carbons (Fsp3) is 0.462. The van der Waals surface area contributed by atoms with Gasteiger partial charge in [0.15, 0.2) is 0 Å². The lowest BCUT2D eigenvalue weighted by Gasteiger charge is -2.21. The highest BCUT2D eigenvalue weighted by Crippen LogP contribution is 2.46. The molecule has 2 rings (SSSR count). The second-order valence-electron chi connectivity index (χ2n) is 4.92. The van der Waals surface area contributed by atoms with Crippen molar-refractivity contribution in [1.29, 1.82) is 0 Å². The number of benzene rings is 1. The van der Waals surface area contributed by atoms with E-state index >= 15 is 0 Å². The molecule has 1 aliphatic rings. The SMILES string of the molecule is CC(C)[C@H]1C[C@@](N)(C(=O)O)c2ccccc21. The van der Waals surface area contributed by atoms with Gasteiger partial charge < -0.3 is 10.8 Å². The third-order valence-electron chi connectivity index (χ3n) is 3.57. The molecule has 0 spiro atoms. The summed E-state index contributed by atoms with van der Waals surface area (Å²) in [5.74, 6) is -0.272. The van der Waals surface area contributed by atoms with E-state index in [4.69, 9.17) is 5.73 Å². The molecule has 3 heteroatoms. The molecule has 2 atom stereocenters. The van der Waals surface area contributed by atoms with E-state index in [0.717, 1.165) is 11.1 Å². The van der Waals surface area contributed by atoms with Crippen LogP contribution in [0.3, 0.4) is 0 Å². The molecule has 0 radical (unpaired) electrons. The minimum Gasteiger partial charge on any atom is -0.480 e. The Morgan fingerprint density at radius 1 is 1.50 bits per heavy atom. The van der Waals surface area contributed by atoms with E-state index in [9.17, 15) is 9.90 Å². The standard InChI is InChI=1S/C13H17NO2/c1-8(2)10-7-13(14,12(15)16)11-6-4-3-5-9(10)11/h3-6,8,10H,7,14H2,1-2H3,(H,15,16)/t10-,13+/m1/s1. The summed E-state index contributed by atoms with van der Waals surface area (Å²) >= 11 is 0. The second-order valence-corrected chi connectivity index (χ2v) is 4.92. The van der Waals surface area contributed by atoms with E-state index in [-0.39, 0.29) is 5.92 Å². The van der Waals surface area contributed by atoms with E-state index in [0.29, 0.717) is 12.3 Å². The lowest BCUT2D eigenvalue weighted by Crippen LogP contribution is -2.43. The van der Waals surface area contributed by atoms with Crippen LogP contribution in [0.1, 0.15) is 37.3 Å². The highest BCUT2D eigenvalue weighted by molar-refractivity contribution is 5.82. The molecule has 0 aromatic heterocycles. The molecule has 0 saturated heterocycles. The molecule has 1 aromatic carbocycles. The molecule has 3 N–H and O–H groups in total. The average molecular weight is 219 g/mol. The zero-order valence-corrected chi connectivity index (χ0v) is 9.60. The predicted octanol–water partition coefficient (Wildman–Crippen LogP) is 2.07. The van der Waals surface area contributed by atoms with Gasteiger partial charge in [-0.15, -0.1) is 0 Å². The third-order valence-corrected chi connectivity index (χ3v) is 3.57. The number of fused-ring (bicyclic) bond motifs is 1. The number of nitrogens with two attached hydrogens (primary N) is 1. The maximum atomic E-state index is 11.3. The summed E-state index contributed by atoms with van der Waals surface area (Å²) in [5.41, 5.74) is 6.72. The van der Waals surface area contributed by atoms with Gasteiger partial charge in [0.2, 0.25) is 0 Å². The molecule has 0 amide bonds. The van der Waals surface area contributed by atoms with Gasteiger partial charge in [-0.1, -0.05) is 38.1 Å². The van der Waals surface area contributed by atoms with Gasteiger partial charge in [-0.3, -0.25) is 0 Å². The lowest BCUT2D eigenvalue weighted by molar-refractivity contribution is -0.143. The van der Waals surface area contributed by atoms with Crippen LogP contribution in [0.25, 0.3) is 0 Å². The quantitative estimate of drug-likeness (QED) is 0.800. The lowest BCUT2D eigenvalue weighted by atomic mass is 9.88. The third kappa shape index (κ3) is 1.43. The maximum absolute atomic E-state index is 11.3. The minimum atomic E-state index is -1.20. The fourth-order valence-electron chi connectivity index (χ4n) is 2.59. The molecule has 0 aliphatic heterocycles. The number of hydrogen-bond acceptors (Lipinski definition) is 2. The van der Waals surface area contributed by atoms with E-state index in [1.807, 2.05) is 24.3 Å². The van der Waals surface area contributed by atoms with E-state index in [1.54, 1.807) is 0 Å². The summed E-state index contributed by atoms with van der Waals surface area (Å²) in [7, 11) is 0. The first-order chi connectivity index (χ1) is 7.47. The van der Waals surface area contributed by atoms with Gasteiger partial charge in [0, 0.05) is 0 Å².